The van der Waals surface area contributed by atoms with Crippen molar-refractivity contribution in [3.05, 3.63) is 23.8 Å². The summed E-state index contributed by atoms with van der Waals surface area (Å²) in [6.07, 6.45) is 8.59. The summed E-state index contributed by atoms with van der Waals surface area (Å²) in [5, 5.41) is 0. The standard InChI is InChI=1S/C8H11.2ClH.Ti/c1-7(2)8-5-3-4-6-8;;;/h3,5,7H,4H2,1-2H3;2*1H;/q-1;;;. The molecular formula is C8H13Cl2Ti-. The van der Waals surface area contributed by atoms with Gasteiger partial charge in [0.05, 0.1) is 0 Å². The van der Waals surface area contributed by atoms with E-state index in [0.29, 0.717) is 5.92 Å². The quantitative estimate of drug-likeness (QED) is 0.477. The molecule has 0 N–H and O–H groups in total. The SMILES string of the molecule is CC(C)C1=[C-]CC=C1.Cl.Cl.[Ti]. The van der Waals surface area contributed by atoms with Crippen LogP contribution in [0.15, 0.2) is 17.7 Å². The first-order chi connectivity index (χ1) is 3.80. The van der Waals surface area contributed by atoms with E-state index in [-0.39, 0.29) is 46.5 Å². The zero-order valence-electron chi connectivity index (χ0n) is 6.76. The first kappa shape index (κ1) is 17.8. The summed E-state index contributed by atoms with van der Waals surface area (Å²) in [5.74, 6) is 0.661. The number of allylic oxidation sites excluding steroid dienone is 4. The fourth-order valence-corrected chi connectivity index (χ4v) is 0.818. The fourth-order valence-electron chi connectivity index (χ4n) is 0.818. The first-order valence-corrected chi connectivity index (χ1v) is 3.08. The average Bonchev–Trinajstić information content (AvgIpc) is 2.12. The summed E-state index contributed by atoms with van der Waals surface area (Å²) in [6, 6.07) is 0. The smallest absolute Gasteiger partial charge is 0 e. The van der Waals surface area contributed by atoms with Crippen LogP contribution in [-0.2, 0) is 21.7 Å². The van der Waals surface area contributed by atoms with Crippen molar-refractivity contribution in [2.75, 3.05) is 0 Å². The van der Waals surface area contributed by atoms with E-state index >= 15 is 0 Å². The molecule has 1 rings (SSSR count). The van der Waals surface area contributed by atoms with Gasteiger partial charge in [-0.1, -0.05) is 19.8 Å². The molecule has 0 aliphatic heterocycles. The molecule has 0 heterocycles. The van der Waals surface area contributed by atoms with Gasteiger partial charge in [0.25, 0.3) is 0 Å². The van der Waals surface area contributed by atoms with E-state index in [2.05, 4.69) is 32.1 Å². The molecule has 0 saturated heterocycles. The van der Waals surface area contributed by atoms with Crippen LogP contribution < -0.4 is 0 Å². The Hall–Kier alpha value is 0.774. The van der Waals surface area contributed by atoms with Crippen molar-refractivity contribution in [1.29, 1.82) is 0 Å². The van der Waals surface area contributed by atoms with E-state index in [4.69, 9.17) is 0 Å². The third kappa shape index (κ3) is 5.98. The Balaban J connectivity index is -0.000000213. The Kier molecular flexibility index (Phi) is 14.3. The van der Waals surface area contributed by atoms with Crippen LogP contribution in [0.4, 0.5) is 0 Å². The van der Waals surface area contributed by atoms with Gasteiger partial charge in [-0.05, 0) is 0 Å². The Bertz CT molecular complexity index is 139. The van der Waals surface area contributed by atoms with Crippen molar-refractivity contribution >= 4 is 24.8 Å². The molecule has 0 unspecified atom stereocenters. The van der Waals surface area contributed by atoms with Crippen molar-refractivity contribution in [1.82, 2.24) is 0 Å². The molecule has 0 amide bonds. The van der Waals surface area contributed by atoms with Crippen molar-refractivity contribution in [2.45, 2.75) is 20.3 Å². The molecule has 64 valence electrons. The minimum absolute atomic E-state index is 0. The van der Waals surface area contributed by atoms with Gasteiger partial charge in [-0.15, -0.1) is 31.2 Å². The van der Waals surface area contributed by atoms with Crippen molar-refractivity contribution in [3.63, 3.8) is 0 Å². The second-order valence-electron chi connectivity index (χ2n) is 2.39. The third-order valence-corrected chi connectivity index (χ3v) is 1.34. The van der Waals surface area contributed by atoms with Gasteiger partial charge < -0.3 is 0 Å². The maximum atomic E-state index is 3.26. The molecule has 1 aliphatic carbocycles. The van der Waals surface area contributed by atoms with Gasteiger partial charge >= 0.3 is 0 Å². The van der Waals surface area contributed by atoms with Gasteiger partial charge in [-0.25, -0.2) is 11.6 Å². The third-order valence-electron chi connectivity index (χ3n) is 1.34. The molecule has 0 radical (unpaired) electrons. The minimum Gasteiger partial charge on any atom is -0.269 e. The molecule has 0 atom stereocenters. The van der Waals surface area contributed by atoms with Crippen molar-refractivity contribution < 1.29 is 21.7 Å². The molecule has 0 saturated carbocycles. The fraction of sp³-hybridized carbons (Fsp3) is 0.500. The number of rotatable bonds is 1. The molecule has 0 aromatic heterocycles. The van der Waals surface area contributed by atoms with Crippen molar-refractivity contribution in [3.8, 4) is 0 Å². The largest absolute Gasteiger partial charge is 0.269 e. The van der Waals surface area contributed by atoms with Crippen LogP contribution in [0.2, 0.25) is 0 Å². The molecule has 0 aromatic carbocycles. The Morgan fingerprint density at radius 2 is 1.91 bits per heavy atom. The Morgan fingerprint density at radius 1 is 1.36 bits per heavy atom. The summed E-state index contributed by atoms with van der Waals surface area (Å²) in [6.45, 7) is 4.38. The monoisotopic (exact) mass is 227 g/mol. The molecular weight excluding hydrogens is 215 g/mol. The van der Waals surface area contributed by atoms with Crippen LogP contribution in [0.1, 0.15) is 20.3 Å². The molecule has 11 heavy (non-hydrogen) atoms. The van der Waals surface area contributed by atoms with Crippen LogP contribution in [0.5, 0.6) is 0 Å². The van der Waals surface area contributed by atoms with Gasteiger partial charge in [-0.2, -0.15) is 6.08 Å². The minimum atomic E-state index is 0. The Labute approximate surface area is 96.2 Å². The summed E-state index contributed by atoms with van der Waals surface area (Å²) < 4.78 is 0. The number of halogens is 2. The predicted octanol–water partition coefficient (Wildman–Crippen LogP) is 3.17. The van der Waals surface area contributed by atoms with Crippen LogP contribution >= 0.6 is 24.8 Å². The summed E-state index contributed by atoms with van der Waals surface area (Å²) >= 11 is 0. The summed E-state index contributed by atoms with van der Waals surface area (Å²) in [7, 11) is 0. The molecule has 0 nitrogen and oxygen atoms in total. The van der Waals surface area contributed by atoms with Crippen LogP contribution in [0, 0.1) is 12.0 Å². The van der Waals surface area contributed by atoms with E-state index in [1.807, 2.05) is 0 Å². The van der Waals surface area contributed by atoms with Gasteiger partial charge in [0.2, 0.25) is 0 Å². The van der Waals surface area contributed by atoms with E-state index < -0.39 is 0 Å². The van der Waals surface area contributed by atoms with E-state index in [9.17, 15) is 0 Å². The normalized spacial score (nSPS) is 12.8. The second kappa shape index (κ2) is 8.87. The van der Waals surface area contributed by atoms with E-state index in [1.54, 1.807) is 0 Å². The molecule has 1 aliphatic rings. The van der Waals surface area contributed by atoms with E-state index in [1.165, 1.54) is 5.57 Å². The molecule has 0 spiro atoms. The molecule has 0 bridgehead atoms. The number of hydrogen-bond donors (Lipinski definition) is 0. The maximum Gasteiger partial charge on any atom is 0 e. The first-order valence-electron chi connectivity index (χ1n) is 3.08. The average molecular weight is 228 g/mol. The topological polar surface area (TPSA) is 0 Å². The molecule has 0 fully saturated rings. The van der Waals surface area contributed by atoms with E-state index in [0.717, 1.165) is 6.42 Å². The molecule has 3 heteroatoms. The van der Waals surface area contributed by atoms with Crippen LogP contribution in [0.3, 0.4) is 0 Å². The van der Waals surface area contributed by atoms with Gasteiger partial charge in [0.1, 0.15) is 0 Å². The van der Waals surface area contributed by atoms with Gasteiger partial charge in [0.15, 0.2) is 0 Å². The predicted molar refractivity (Wildman–Crippen MR) is 49.8 cm³/mol. The van der Waals surface area contributed by atoms with Crippen LogP contribution in [-0.4, -0.2) is 0 Å². The maximum absolute atomic E-state index is 3.26. The summed E-state index contributed by atoms with van der Waals surface area (Å²) in [5.41, 5.74) is 1.37. The molecule has 0 aromatic rings. The summed E-state index contributed by atoms with van der Waals surface area (Å²) in [4.78, 5) is 0. The van der Waals surface area contributed by atoms with Crippen molar-refractivity contribution in [2.24, 2.45) is 5.92 Å². The zero-order valence-corrected chi connectivity index (χ0v) is 9.95. The number of hydrogen-bond acceptors (Lipinski definition) is 0. The Morgan fingerprint density at radius 3 is 2.09 bits per heavy atom. The van der Waals surface area contributed by atoms with Gasteiger partial charge in [0, 0.05) is 21.7 Å². The second-order valence-corrected chi connectivity index (χ2v) is 2.39. The van der Waals surface area contributed by atoms with Crippen LogP contribution in [0.25, 0.3) is 0 Å². The zero-order chi connectivity index (χ0) is 5.98. The van der Waals surface area contributed by atoms with Gasteiger partial charge in [-0.3, -0.25) is 6.08 Å².